The Bertz CT molecular complexity index is 416. The molecule has 1 aliphatic carbocycles. The fourth-order valence-electron chi connectivity index (χ4n) is 3.27. The van der Waals surface area contributed by atoms with Crippen molar-refractivity contribution in [3.05, 3.63) is 11.1 Å². The van der Waals surface area contributed by atoms with E-state index >= 15 is 0 Å². The number of nitrogens with one attached hydrogen (secondary N) is 1. The molecule has 20 heavy (non-hydrogen) atoms. The molecule has 0 saturated heterocycles. The molecule has 2 rings (SSSR count). The van der Waals surface area contributed by atoms with Crippen molar-refractivity contribution in [1.82, 2.24) is 4.98 Å². The van der Waals surface area contributed by atoms with Gasteiger partial charge in [-0.3, -0.25) is 0 Å². The summed E-state index contributed by atoms with van der Waals surface area (Å²) in [6, 6.07) is 0. The first kappa shape index (κ1) is 15.8. The molecular formula is C16H28N2OS. The number of hydrogen-bond donors (Lipinski definition) is 1. The molecule has 1 aromatic rings. The zero-order valence-electron chi connectivity index (χ0n) is 13.2. The minimum Gasteiger partial charge on any atom is -0.373 e. The summed E-state index contributed by atoms with van der Waals surface area (Å²) in [5, 5.41) is 4.34. The van der Waals surface area contributed by atoms with E-state index < -0.39 is 0 Å². The fraction of sp³-hybridized carbons (Fsp3) is 0.812. The van der Waals surface area contributed by atoms with E-state index in [9.17, 15) is 0 Å². The molecule has 4 heteroatoms. The van der Waals surface area contributed by atoms with Gasteiger partial charge in [-0.15, -0.1) is 0 Å². The normalized spacial score (nSPS) is 25.6. The second kappa shape index (κ2) is 6.90. The van der Waals surface area contributed by atoms with Crippen LogP contribution in [-0.2, 0) is 11.3 Å². The van der Waals surface area contributed by atoms with Crippen LogP contribution in [0.15, 0.2) is 6.20 Å². The first-order chi connectivity index (χ1) is 9.48. The number of hydrogen-bond acceptors (Lipinski definition) is 4. The van der Waals surface area contributed by atoms with Crippen LogP contribution in [0.2, 0.25) is 0 Å². The van der Waals surface area contributed by atoms with Crippen molar-refractivity contribution in [2.45, 2.75) is 66.1 Å². The predicted octanol–water partition coefficient (Wildman–Crippen LogP) is 4.70. The zero-order chi connectivity index (χ0) is 14.6. The van der Waals surface area contributed by atoms with Gasteiger partial charge in [-0.2, -0.15) is 0 Å². The standard InChI is InChI=1S/C16H28N2OS/c1-5-6-17-15-18-10-14(20-15)11-19-13-7-12(2)8-16(3,4)9-13/h10,12-13H,5-9,11H2,1-4H3,(H,17,18). The number of rotatable bonds is 6. The summed E-state index contributed by atoms with van der Waals surface area (Å²) in [4.78, 5) is 5.61. The molecule has 0 spiro atoms. The van der Waals surface area contributed by atoms with Crippen LogP contribution in [0.25, 0.3) is 0 Å². The highest BCUT2D eigenvalue weighted by Crippen LogP contribution is 2.40. The number of aromatic nitrogens is 1. The van der Waals surface area contributed by atoms with E-state index in [2.05, 4.69) is 38.0 Å². The first-order valence-corrected chi connectivity index (χ1v) is 8.60. The number of anilines is 1. The Kier molecular flexibility index (Phi) is 5.44. The molecule has 0 aliphatic heterocycles. The second-order valence-corrected chi connectivity index (χ2v) is 8.02. The molecule has 1 aliphatic rings. The molecule has 0 amide bonds. The van der Waals surface area contributed by atoms with Crippen LogP contribution in [0.4, 0.5) is 5.13 Å². The van der Waals surface area contributed by atoms with E-state index in [1.54, 1.807) is 11.3 Å². The number of thiazole rings is 1. The molecule has 1 aromatic heterocycles. The Hall–Kier alpha value is -0.610. The van der Waals surface area contributed by atoms with Gasteiger partial charge in [-0.1, -0.05) is 39.0 Å². The zero-order valence-corrected chi connectivity index (χ0v) is 14.1. The Morgan fingerprint density at radius 3 is 2.95 bits per heavy atom. The van der Waals surface area contributed by atoms with E-state index in [1.165, 1.54) is 24.1 Å². The van der Waals surface area contributed by atoms with Gasteiger partial charge in [-0.05, 0) is 37.0 Å². The van der Waals surface area contributed by atoms with E-state index in [0.29, 0.717) is 18.1 Å². The van der Waals surface area contributed by atoms with Crippen molar-refractivity contribution < 1.29 is 4.74 Å². The van der Waals surface area contributed by atoms with Crippen LogP contribution < -0.4 is 5.32 Å². The maximum atomic E-state index is 6.14. The maximum absolute atomic E-state index is 6.14. The molecule has 114 valence electrons. The highest BCUT2D eigenvalue weighted by Gasteiger charge is 2.32. The van der Waals surface area contributed by atoms with Crippen LogP contribution >= 0.6 is 11.3 Å². The highest BCUT2D eigenvalue weighted by molar-refractivity contribution is 7.15. The molecule has 0 aromatic carbocycles. The molecular weight excluding hydrogens is 268 g/mol. The minimum absolute atomic E-state index is 0.405. The third-order valence-corrected chi connectivity index (χ3v) is 4.82. The van der Waals surface area contributed by atoms with Crippen LogP contribution in [0.3, 0.4) is 0 Å². The van der Waals surface area contributed by atoms with Gasteiger partial charge in [0.25, 0.3) is 0 Å². The van der Waals surface area contributed by atoms with Crippen molar-refractivity contribution in [1.29, 1.82) is 0 Å². The van der Waals surface area contributed by atoms with Crippen molar-refractivity contribution in [3.63, 3.8) is 0 Å². The largest absolute Gasteiger partial charge is 0.373 e. The molecule has 2 atom stereocenters. The van der Waals surface area contributed by atoms with Gasteiger partial charge in [0.15, 0.2) is 5.13 Å². The summed E-state index contributed by atoms with van der Waals surface area (Å²) in [6.45, 7) is 10.9. The summed E-state index contributed by atoms with van der Waals surface area (Å²) < 4.78 is 6.14. The van der Waals surface area contributed by atoms with E-state index in [1.807, 2.05) is 6.20 Å². The Labute approximate surface area is 127 Å². The maximum Gasteiger partial charge on any atom is 0.182 e. The molecule has 0 bridgehead atoms. The fourth-order valence-corrected chi connectivity index (χ4v) is 4.03. The van der Waals surface area contributed by atoms with Crippen LogP contribution in [-0.4, -0.2) is 17.6 Å². The minimum atomic E-state index is 0.405. The van der Waals surface area contributed by atoms with Crippen molar-refractivity contribution in [2.75, 3.05) is 11.9 Å². The lowest BCUT2D eigenvalue weighted by Gasteiger charge is -2.38. The van der Waals surface area contributed by atoms with E-state index in [4.69, 9.17) is 4.74 Å². The van der Waals surface area contributed by atoms with Crippen LogP contribution in [0.5, 0.6) is 0 Å². The average molecular weight is 296 g/mol. The van der Waals surface area contributed by atoms with Gasteiger partial charge in [0.05, 0.1) is 17.6 Å². The molecule has 1 saturated carbocycles. The van der Waals surface area contributed by atoms with Gasteiger partial charge in [-0.25, -0.2) is 4.98 Å². The third-order valence-electron chi connectivity index (χ3n) is 3.89. The van der Waals surface area contributed by atoms with Crippen LogP contribution in [0, 0.1) is 11.3 Å². The molecule has 3 nitrogen and oxygen atoms in total. The summed E-state index contributed by atoms with van der Waals surface area (Å²) >= 11 is 1.71. The Morgan fingerprint density at radius 1 is 1.45 bits per heavy atom. The summed E-state index contributed by atoms with van der Waals surface area (Å²) in [6.07, 6.45) is 7.17. The van der Waals surface area contributed by atoms with Gasteiger partial charge in [0.2, 0.25) is 0 Å². The quantitative estimate of drug-likeness (QED) is 0.826. The molecule has 1 heterocycles. The SMILES string of the molecule is CCCNc1ncc(COC2CC(C)CC(C)(C)C2)s1. The average Bonchev–Trinajstić information content (AvgIpc) is 2.79. The van der Waals surface area contributed by atoms with Crippen LogP contribution in [0.1, 0.15) is 58.3 Å². The molecule has 2 unspecified atom stereocenters. The van der Waals surface area contributed by atoms with Gasteiger partial charge in [0, 0.05) is 12.7 Å². The van der Waals surface area contributed by atoms with Gasteiger partial charge >= 0.3 is 0 Å². The summed E-state index contributed by atoms with van der Waals surface area (Å²) in [5.41, 5.74) is 0.421. The first-order valence-electron chi connectivity index (χ1n) is 7.78. The lowest BCUT2D eigenvalue weighted by Crippen LogP contribution is -2.32. The smallest absolute Gasteiger partial charge is 0.182 e. The summed E-state index contributed by atoms with van der Waals surface area (Å²) in [7, 11) is 0. The molecule has 1 N–H and O–H groups in total. The molecule has 0 radical (unpaired) electrons. The number of ether oxygens (including phenoxy) is 1. The van der Waals surface area contributed by atoms with E-state index in [-0.39, 0.29) is 0 Å². The van der Waals surface area contributed by atoms with Gasteiger partial charge < -0.3 is 10.1 Å². The Morgan fingerprint density at radius 2 is 2.25 bits per heavy atom. The topological polar surface area (TPSA) is 34.2 Å². The van der Waals surface area contributed by atoms with Gasteiger partial charge in [0.1, 0.15) is 0 Å². The third kappa shape index (κ3) is 4.74. The number of nitrogens with zero attached hydrogens (tertiary/aromatic N) is 1. The molecule has 1 fully saturated rings. The van der Waals surface area contributed by atoms with E-state index in [0.717, 1.165) is 24.0 Å². The monoisotopic (exact) mass is 296 g/mol. The Balaban J connectivity index is 1.81. The van der Waals surface area contributed by atoms with Crippen molar-refractivity contribution in [2.24, 2.45) is 11.3 Å². The lowest BCUT2D eigenvalue weighted by molar-refractivity contribution is -0.0307. The summed E-state index contributed by atoms with van der Waals surface area (Å²) in [5.74, 6) is 0.770. The van der Waals surface area contributed by atoms with Crippen molar-refractivity contribution in [3.8, 4) is 0 Å². The highest BCUT2D eigenvalue weighted by atomic mass is 32.1. The van der Waals surface area contributed by atoms with Crippen molar-refractivity contribution >= 4 is 16.5 Å². The second-order valence-electron chi connectivity index (χ2n) is 6.90. The lowest BCUT2D eigenvalue weighted by atomic mass is 9.71. The predicted molar refractivity (Wildman–Crippen MR) is 86.3 cm³/mol.